The first-order chi connectivity index (χ1) is 13.2. The molecule has 0 amide bonds. The minimum Gasteiger partial charge on any atom is -0.457 e. The lowest BCUT2D eigenvalue weighted by molar-refractivity contribution is 0.0542. The van der Waals surface area contributed by atoms with Crippen molar-refractivity contribution in [2.75, 3.05) is 6.61 Å². The maximum atomic E-state index is 12.8. The lowest BCUT2D eigenvalue weighted by atomic mass is 9.80. The van der Waals surface area contributed by atoms with E-state index in [0.29, 0.717) is 23.2 Å². The molecule has 1 N–H and O–H groups in total. The number of aromatic nitrogens is 1. The molecule has 1 aliphatic carbocycles. The van der Waals surface area contributed by atoms with Gasteiger partial charge in [-0.2, -0.15) is 0 Å². The summed E-state index contributed by atoms with van der Waals surface area (Å²) in [6.07, 6.45) is 4.80. The Balaban J connectivity index is 1.84. The van der Waals surface area contributed by atoms with Gasteiger partial charge in [0.2, 0.25) is 0 Å². The van der Waals surface area contributed by atoms with Crippen LogP contribution in [0.4, 0.5) is 0 Å². The van der Waals surface area contributed by atoms with Crippen LogP contribution in [0.2, 0.25) is 0 Å². The van der Waals surface area contributed by atoms with Gasteiger partial charge in [0.05, 0.1) is 0 Å². The zero-order valence-electron chi connectivity index (χ0n) is 17.4. The van der Waals surface area contributed by atoms with Crippen LogP contribution >= 0.6 is 0 Å². The van der Waals surface area contributed by atoms with Crippen molar-refractivity contribution in [2.24, 2.45) is 0 Å². The van der Waals surface area contributed by atoms with E-state index in [4.69, 9.17) is 4.74 Å². The minimum absolute atomic E-state index is 0.0902. The summed E-state index contributed by atoms with van der Waals surface area (Å²) in [5.41, 5.74) is 5.15. The third-order valence-electron chi connectivity index (χ3n) is 5.49. The van der Waals surface area contributed by atoms with Gasteiger partial charge in [0.1, 0.15) is 12.3 Å². The Hall–Kier alpha value is -2.62. The van der Waals surface area contributed by atoms with Gasteiger partial charge in [0.15, 0.2) is 5.78 Å². The second-order valence-electron chi connectivity index (χ2n) is 8.55. The number of H-pyrrole nitrogens is 1. The Morgan fingerprint density at radius 2 is 1.89 bits per heavy atom. The zero-order chi connectivity index (χ0) is 20.5. The summed E-state index contributed by atoms with van der Waals surface area (Å²) in [6.45, 7) is 10.5. The van der Waals surface area contributed by atoms with Gasteiger partial charge in [-0.15, -0.1) is 0 Å². The molecule has 1 aliphatic rings. The van der Waals surface area contributed by atoms with Crippen LogP contribution < -0.4 is 0 Å². The molecule has 28 heavy (non-hydrogen) atoms. The summed E-state index contributed by atoms with van der Waals surface area (Å²) in [4.78, 5) is 28.4. The Morgan fingerprint density at radius 1 is 1.21 bits per heavy atom. The number of fused-ring (bicyclic) bond motifs is 1. The van der Waals surface area contributed by atoms with Crippen molar-refractivity contribution >= 4 is 11.8 Å². The number of hydrogen-bond donors (Lipinski definition) is 1. The van der Waals surface area contributed by atoms with E-state index in [1.165, 1.54) is 5.56 Å². The van der Waals surface area contributed by atoms with Crippen LogP contribution in [0, 0.1) is 6.92 Å². The number of carbonyl (C=O) groups is 2. The highest BCUT2D eigenvalue weighted by molar-refractivity contribution is 6.03. The van der Waals surface area contributed by atoms with Crippen molar-refractivity contribution in [1.82, 2.24) is 4.98 Å². The average molecular weight is 380 g/mol. The summed E-state index contributed by atoms with van der Waals surface area (Å²) < 4.78 is 5.25. The smallest absolute Gasteiger partial charge is 0.355 e. The van der Waals surface area contributed by atoms with Crippen LogP contribution in [-0.4, -0.2) is 23.3 Å². The van der Waals surface area contributed by atoms with Gasteiger partial charge < -0.3 is 9.72 Å². The molecule has 4 heteroatoms. The molecule has 0 fully saturated rings. The molecule has 4 nitrogen and oxygen atoms in total. The topological polar surface area (TPSA) is 59.2 Å². The van der Waals surface area contributed by atoms with Gasteiger partial charge in [-0.3, -0.25) is 4.79 Å². The van der Waals surface area contributed by atoms with Crippen LogP contribution in [0.15, 0.2) is 36.4 Å². The number of esters is 1. The predicted octanol–water partition coefficient (Wildman–Crippen LogP) is 5.27. The molecule has 0 spiro atoms. The van der Waals surface area contributed by atoms with E-state index in [2.05, 4.69) is 50.0 Å². The van der Waals surface area contributed by atoms with Gasteiger partial charge in [-0.1, -0.05) is 57.2 Å². The molecule has 148 valence electrons. The second-order valence-corrected chi connectivity index (χ2v) is 8.55. The van der Waals surface area contributed by atoms with Gasteiger partial charge in [-0.25, -0.2) is 4.79 Å². The lowest BCUT2D eigenvalue weighted by Gasteiger charge is -2.24. The van der Waals surface area contributed by atoms with E-state index >= 15 is 0 Å². The molecule has 1 heterocycles. The number of nitrogens with one attached hydrogen (secondary N) is 1. The van der Waals surface area contributed by atoms with Gasteiger partial charge in [-0.05, 0) is 48.3 Å². The SMILES string of the molecule is C/C=C/COC(=O)c1[nH]c2c(c1C)C(=O)CC(c1ccc(C(C)(C)C)cc1)C2. The molecule has 1 aromatic heterocycles. The molecule has 1 atom stereocenters. The fourth-order valence-corrected chi connectivity index (χ4v) is 3.82. The molecule has 0 saturated carbocycles. The highest BCUT2D eigenvalue weighted by Crippen LogP contribution is 2.36. The number of ketones is 1. The molecular formula is C24H29NO3. The summed E-state index contributed by atoms with van der Waals surface area (Å²) in [5.74, 6) is -0.199. The number of rotatable bonds is 4. The van der Waals surface area contributed by atoms with Crippen molar-refractivity contribution in [3.8, 4) is 0 Å². The molecule has 1 unspecified atom stereocenters. The Labute approximate surface area is 167 Å². The highest BCUT2D eigenvalue weighted by Gasteiger charge is 2.32. The predicted molar refractivity (Wildman–Crippen MR) is 111 cm³/mol. The van der Waals surface area contributed by atoms with Crippen molar-refractivity contribution < 1.29 is 14.3 Å². The zero-order valence-corrected chi connectivity index (χ0v) is 17.4. The van der Waals surface area contributed by atoms with E-state index in [9.17, 15) is 9.59 Å². The minimum atomic E-state index is -0.413. The van der Waals surface area contributed by atoms with Crippen LogP contribution in [0.3, 0.4) is 0 Å². The standard InChI is InChI=1S/C24H29NO3/c1-6-7-12-28-23(27)22-15(2)21-19(25-22)13-17(14-20(21)26)16-8-10-18(11-9-16)24(3,4)5/h6-11,17,25H,12-14H2,1-5H3/b7-6+. The van der Waals surface area contributed by atoms with E-state index in [-0.39, 0.29) is 23.7 Å². The molecule has 1 aromatic carbocycles. The molecule has 0 radical (unpaired) electrons. The van der Waals surface area contributed by atoms with Crippen molar-refractivity contribution in [1.29, 1.82) is 0 Å². The van der Waals surface area contributed by atoms with E-state index in [1.54, 1.807) is 6.08 Å². The number of aromatic amines is 1. The number of benzene rings is 1. The van der Waals surface area contributed by atoms with E-state index in [0.717, 1.165) is 17.7 Å². The Kier molecular flexibility index (Phi) is 5.59. The van der Waals surface area contributed by atoms with Crippen molar-refractivity contribution in [2.45, 2.75) is 58.8 Å². The summed E-state index contributed by atoms with van der Waals surface area (Å²) in [6, 6.07) is 8.57. The van der Waals surface area contributed by atoms with Crippen molar-refractivity contribution in [3.05, 3.63) is 70.1 Å². The first-order valence-corrected chi connectivity index (χ1v) is 9.85. The van der Waals surface area contributed by atoms with Gasteiger partial charge in [0, 0.05) is 17.7 Å². The number of hydrogen-bond acceptors (Lipinski definition) is 3. The maximum absolute atomic E-state index is 12.8. The third kappa shape index (κ3) is 3.96. The van der Waals surface area contributed by atoms with E-state index < -0.39 is 5.97 Å². The summed E-state index contributed by atoms with van der Waals surface area (Å²) in [5, 5.41) is 0. The second kappa shape index (κ2) is 7.78. The quantitative estimate of drug-likeness (QED) is 0.582. The van der Waals surface area contributed by atoms with Crippen LogP contribution in [0.1, 0.15) is 83.3 Å². The fourth-order valence-electron chi connectivity index (χ4n) is 3.82. The van der Waals surface area contributed by atoms with E-state index in [1.807, 2.05) is 19.9 Å². The highest BCUT2D eigenvalue weighted by atomic mass is 16.5. The molecule has 0 bridgehead atoms. The van der Waals surface area contributed by atoms with Gasteiger partial charge in [0.25, 0.3) is 0 Å². The molecule has 2 aromatic rings. The first kappa shape index (κ1) is 20.1. The average Bonchev–Trinajstić information content (AvgIpc) is 2.98. The van der Waals surface area contributed by atoms with Crippen LogP contribution in [-0.2, 0) is 16.6 Å². The first-order valence-electron chi connectivity index (χ1n) is 9.85. The number of allylic oxidation sites excluding steroid dienone is 1. The van der Waals surface area contributed by atoms with Crippen LogP contribution in [0.25, 0.3) is 0 Å². The monoisotopic (exact) mass is 379 g/mol. The largest absolute Gasteiger partial charge is 0.457 e. The maximum Gasteiger partial charge on any atom is 0.355 e. The molecule has 0 aliphatic heterocycles. The molecular weight excluding hydrogens is 350 g/mol. The van der Waals surface area contributed by atoms with Gasteiger partial charge >= 0.3 is 5.97 Å². The fraction of sp³-hybridized carbons (Fsp3) is 0.417. The third-order valence-corrected chi connectivity index (χ3v) is 5.49. The van der Waals surface area contributed by atoms with Crippen molar-refractivity contribution in [3.63, 3.8) is 0 Å². The number of Topliss-reactive ketones (excluding diaryl/α,β-unsaturated/α-hetero) is 1. The molecule has 0 saturated heterocycles. The number of ether oxygens (including phenoxy) is 1. The normalized spacial score (nSPS) is 17.0. The lowest BCUT2D eigenvalue weighted by Crippen LogP contribution is -2.19. The Morgan fingerprint density at radius 3 is 2.50 bits per heavy atom. The summed E-state index contributed by atoms with van der Waals surface area (Å²) >= 11 is 0. The molecule has 3 rings (SSSR count). The Bertz CT molecular complexity index is 911. The van der Waals surface area contributed by atoms with Crippen LogP contribution in [0.5, 0.6) is 0 Å². The number of carbonyl (C=O) groups excluding carboxylic acids is 2. The summed E-state index contributed by atoms with van der Waals surface area (Å²) in [7, 11) is 0.